The molecule has 5 nitrogen and oxygen atoms in total. The number of benzene rings is 1. The van der Waals surface area contributed by atoms with Crippen molar-refractivity contribution in [3.63, 3.8) is 0 Å². The smallest absolute Gasteiger partial charge is 0.336 e. The van der Waals surface area contributed by atoms with Gasteiger partial charge in [-0.2, -0.15) is 0 Å². The number of nitrogens with one attached hydrogen (secondary N) is 1. The van der Waals surface area contributed by atoms with E-state index < -0.39 is 5.97 Å². The van der Waals surface area contributed by atoms with E-state index in [9.17, 15) is 9.59 Å². The van der Waals surface area contributed by atoms with Gasteiger partial charge in [-0.15, -0.1) is 11.8 Å². The first kappa shape index (κ1) is 15.5. The molecule has 0 aliphatic carbocycles. The summed E-state index contributed by atoms with van der Waals surface area (Å²) in [4.78, 5) is 27.7. The van der Waals surface area contributed by atoms with Crippen LogP contribution in [0.25, 0.3) is 0 Å². The monoisotopic (exact) mass is 366 g/mol. The van der Waals surface area contributed by atoms with Gasteiger partial charge in [0.15, 0.2) is 0 Å². The minimum absolute atomic E-state index is 0.106. The van der Waals surface area contributed by atoms with Crippen molar-refractivity contribution in [3.8, 4) is 0 Å². The third-order valence-electron chi connectivity index (χ3n) is 2.50. The first-order valence-corrected chi connectivity index (χ1v) is 7.69. The summed E-state index contributed by atoms with van der Waals surface area (Å²) < 4.78 is 0.471. The van der Waals surface area contributed by atoms with E-state index >= 15 is 0 Å². The molecule has 7 heteroatoms. The van der Waals surface area contributed by atoms with Crippen LogP contribution in [-0.4, -0.2) is 27.7 Å². The number of carboxylic acids is 1. The number of carbonyl (C=O) groups is 2. The average molecular weight is 367 g/mol. The zero-order valence-corrected chi connectivity index (χ0v) is 13.1. The lowest BCUT2D eigenvalue weighted by Gasteiger charge is -2.07. The van der Waals surface area contributed by atoms with Crippen LogP contribution in [0.3, 0.4) is 0 Å². The molecule has 1 amide bonds. The van der Waals surface area contributed by atoms with Crippen molar-refractivity contribution in [2.45, 2.75) is 4.90 Å². The maximum Gasteiger partial charge on any atom is 0.336 e. The van der Waals surface area contributed by atoms with E-state index in [2.05, 4.69) is 26.2 Å². The first-order valence-electron chi connectivity index (χ1n) is 5.92. The van der Waals surface area contributed by atoms with E-state index in [1.165, 1.54) is 17.8 Å². The van der Waals surface area contributed by atoms with Crippen molar-refractivity contribution in [1.82, 2.24) is 4.98 Å². The fourth-order valence-corrected chi connectivity index (χ4v) is 2.65. The second-order valence-corrected chi connectivity index (χ2v) is 5.92. The summed E-state index contributed by atoms with van der Waals surface area (Å²) in [7, 11) is 0. The van der Waals surface area contributed by atoms with E-state index in [0.717, 1.165) is 4.90 Å². The van der Waals surface area contributed by atoms with Crippen LogP contribution < -0.4 is 5.32 Å². The lowest BCUT2D eigenvalue weighted by atomic mass is 10.2. The van der Waals surface area contributed by atoms with Gasteiger partial charge >= 0.3 is 5.97 Å². The molecular weight excluding hydrogens is 356 g/mol. The van der Waals surface area contributed by atoms with Crippen LogP contribution in [0.1, 0.15) is 10.4 Å². The standard InChI is InChI=1S/C14H11BrN2O3S/c15-12-2-1-9(7-11(12)14(19)20)17-13(18)8-21-10-3-5-16-6-4-10/h1-7H,8H2,(H,17,18)(H,19,20). The molecule has 1 heterocycles. The number of halogens is 1. The van der Waals surface area contributed by atoms with Crippen molar-refractivity contribution < 1.29 is 14.7 Å². The number of hydrogen-bond donors (Lipinski definition) is 2. The van der Waals surface area contributed by atoms with Gasteiger partial charge in [-0.25, -0.2) is 4.79 Å². The zero-order chi connectivity index (χ0) is 15.2. The summed E-state index contributed by atoms with van der Waals surface area (Å²) in [5.74, 6) is -1.01. The number of nitrogens with zero attached hydrogens (tertiary/aromatic N) is 1. The van der Waals surface area contributed by atoms with Gasteiger partial charge < -0.3 is 10.4 Å². The summed E-state index contributed by atoms with van der Waals surface area (Å²) in [6, 6.07) is 8.29. The molecule has 0 aliphatic heterocycles. The predicted octanol–water partition coefficient (Wildman–Crippen LogP) is 3.27. The highest BCUT2D eigenvalue weighted by molar-refractivity contribution is 9.10. The second-order valence-electron chi connectivity index (χ2n) is 4.02. The van der Waals surface area contributed by atoms with Gasteiger partial charge in [-0.05, 0) is 46.3 Å². The number of aromatic nitrogens is 1. The Balaban J connectivity index is 1.97. The van der Waals surface area contributed by atoms with Gasteiger partial charge in [0.1, 0.15) is 0 Å². The molecule has 0 aliphatic rings. The fourth-order valence-electron chi connectivity index (χ4n) is 1.55. The van der Waals surface area contributed by atoms with E-state index in [-0.39, 0.29) is 17.2 Å². The van der Waals surface area contributed by atoms with Crippen molar-refractivity contribution in [2.24, 2.45) is 0 Å². The Bertz CT molecular complexity index is 665. The maximum atomic E-state index is 11.8. The molecule has 0 atom stereocenters. The number of carboxylic acid groups (broad SMARTS) is 1. The van der Waals surface area contributed by atoms with Crippen LogP contribution in [0.4, 0.5) is 5.69 Å². The van der Waals surface area contributed by atoms with Crippen LogP contribution in [0, 0.1) is 0 Å². The molecule has 1 aromatic heterocycles. The van der Waals surface area contributed by atoms with E-state index in [4.69, 9.17) is 5.11 Å². The number of carbonyl (C=O) groups excluding carboxylic acids is 1. The maximum absolute atomic E-state index is 11.8. The number of aromatic carboxylic acids is 1. The molecule has 0 radical (unpaired) electrons. The first-order chi connectivity index (χ1) is 10.1. The molecular formula is C14H11BrN2O3S. The number of rotatable bonds is 5. The predicted molar refractivity (Wildman–Crippen MR) is 84.7 cm³/mol. The van der Waals surface area contributed by atoms with Crippen LogP contribution in [-0.2, 0) is 4.79 Å². The summed E-state index contributed by atoms with van der Waals surface area (Å²) in [6.45, 7) is 0. The zero-order valence-electron chi connectivity index (χ0n) is 10.7. The van der Waals surface area contributed by atoms with Gasteiger partial charge in [-0.1, -0.05) is 0 Å². The van der Waals surface area contributed by atoms with E-state index in [1.54, 1.807) is 24.5 Å². The van der Waals surface area contributed by atoms with Gasteiger partial charge in [-0.3, -0.25) is 9.78 Å². The highest BCUT2D eigenvalue weighted by Crippen LogP contribution is 2.22. The number of hydrogen-bond acceptors (Lipinski definition) is 4. The molecule has 0 saturated heterocycles. The molecule has 0 unspecified atom stereocenters. The lowest BCUT2D eigenvalue weighted by Crippen LogP contribution is -2.14. The molecule has 0 bridgehead atoms. The third kappa shape index (κ3) is 4.57. The van der Waals surface area contributed by atoms with Gasteiger partial charge in [0.05, 0.1) is 11.3 Å². The SMILES string of the molecule is O=C(CSc1ccncc1)Nc1ccc(Br)c(C(=O)O)c1. The van der Waals surface area contributed by atoms with Gasteiger partial charge in [0.25, 0.3) is 0 Å². The molecule has 21 heavy (non-hydrogen) atoms. The molecule has 2 aromatic rings. The van der Waals surface area contributed by atoms with Crippen LogP contribution >= 0.6 is 27.7 Å². The fraction of sp³-hybridized carbons (Fsp3) is 0.0714. The largest absolute Gasteiger partial charge is 0.478 e. The molecule has 0 saturated carbocycles. The van der Waals surface area contributed by atoms with E-state index in [0.29, 0.717) is 10.2 Å². The van der Waals surface area contributed by atoms with Crippen molar-refractivity contribution in [3.05, 3.63) is 52.8 Å². The Labute approximate surface area is 133 Å². The van der Waals surface area contributed by atoms with Crippen LogP contribution in [0.15, 0.2) is 52.1 Å². The summed E-state index contributed by atoms with van der Waals surface area (Å²) in [5, 5.41) is 11.7. The molecule has 0 spiro atoms. The summed E-state index contributed by atoms with van der Waals surface area (Å²) >= 11 is 4.54. The highest BCUT2D eigenvalue weighted by Gasteiger charge is 2.10. The number of amides is 1. The molecule has 0 fully saturated rings. The Morgan fingerprint density at radius 1 is 1.24 bits per heavy atom. The molecule has 108 valence electrons. The molecule has 2 rings (SSSR count). The highest BCUT2D eigenvalue weighted by atomic mass is 79.9. The van der Waals surface area contributed by atoms with Crippen LogP contribution in [0.2, 0.25) is 0 Å². The second kappa shape index (κ2) is 7.24. The third-order valence-corrected chi connectivity index (χ3v) is 4.20. The Morgan fingerprint density at radius 2 is 1.95 bits per heavy atom. The van der Waals surface area contributed by atoms with Crippen molar-refractivity contribution in [2.75, 3.05) is 11.1 Å². The minimum atomic E-state index is -1.05. The number of thioether (sulfide) groups is 1. The average Bonchev–Trinajstić information content (AvgIpc) is 2.48. The molecule has 1 aromatic carbocycles. The normalized spacial score (nSPS) is 10.1. The number of pyridine rings is 1. The number of anilines is 1. The summed E-state index contributed by atoms with van der Waals surface area (Å²) in [6.07, 6.45) is 3.32. The Morgan fingerprint density at radius 3 is 2.62 bits per heavy atom. The quantitative estimate of drug-likeness (QED) is 0.793. The lowest BCUT2D eigenvalue weighted by molar-refractivity contribution is -0.113. The summed E-state index contributed by atoms with van der Waals surface area (Å²) in [5.41, 5.74) is 0.561. The Kier molecular flexibility index (Phi) is 5.35. The molecule has 2 N–H and O–H groups in total. The van der Waals surface area contributed by atoms with E-state index in [1.807, 2.05) is 12.1 Å². The topological polar surface area (TPSA) is 79.3 Å². The van der Waals surface area contributed by atoms with Gasteiger partial charge in [0.2, 0.25) is 5.91 Å². The van der Waals surface area contributed by atoms with Gasteiger partial charge in [0, 0.05) is 27.4 Å². The van der Waals surface area contributed by atoms with Crippen LogP contribution in [0.5, 0.6) is 0 Å². The van der Waals surface area contributed by atoms with Crippen molar-refractivity contribution in [1.29, 1.82) is 0 Å². The minimum Gasteiger partial charge on any atom is -0.478 e. The Hall–Kier alpha value is -1.86. The van der Waals surface area contributed by atoms with Crippen molar-refractivity contribution >= 4 is 45.3 Å².